The van der Waals surface area contributed by atoms with Crippen LogP contribution in [0.25, 0.3) is 70.2 Å². The zero-order valence-electron chi connectivity index (χ0n) is 29.6. The Labute approximate surface area is 313 Å². The second-order valence-corrected chi connectivity index (χ2v) is 16.1. The second kappa shape index (κ2) is 11.2. The van der Waals surface area contributed by atoms with Crippen molar-refractivity contribution in [3.8, 4) is 28.2 Å². The molecule has 2 aliphatic rings. The summed E-state index contributed by atoms with van der Waals surface area (Å²) in [7, 11) is 0. The van der Waals surface area contributed by atoms with Crippen molar-refractivity contribution in [2.24, 2.45) is 5.41 Å². The molecule has 0 saturated carbocycles. The predicted octanol–water partition coefficient (Wildman–Crippen LogP) is 13.4. The Balaban J connectivity index is 1.19. The van der Waals surface area contributed by atoms with E-state index in [0.717, 1.165) is 28.2 Å². The average molecular weight is 697 g/mol. The Morgan fingerprint density at radius 2 is 1.30 bits per heavy atom. The first-order valence-electron chi connectivity index (χ1n) is 18.5. The van der Waals surface area contributed by atoms with Crippen molar-refractivity contribution in [3.63, 3.8) is 0 Å². The van der Waals surface area contributed by atoms with Gasteiger partial charge in [0.2, 0.25) is 0 Å². The fourth-order valence-corrected chi connectivity index (χ4v) is 10.9. The third kappa shape index (κ3) is 4.23. The van der Waals surface area contributed by atoms with Gasteiger partial charge < -0.3 is 0 Å². The lowest BCUT2D eigenvalue weighted by atomic mass is 9.58. The number of benzene rings is 6. The number of hydrogen-bond acceptors (Lipinski definition) is 2. The molecule has 252 valence electrons. The van der Waals surface area contributed by atoms with E-state index in [9.17, 15) is 0 Å². The highest BCUT2D eigenvalue weighted by molar-refractivity contribution is 7.26. The van der Waals surface area contributed by atoms with Crippen molar-refractivity contribution < 1.29 is 0 Å². The Kier molecular flexibility index (Phi) is 6.48. The Hall–Kier alpha value is -6.03. The number of rotatable bonds is 4. The van der Waals surface area contributed by atoms with Crippen LogP contribution in [0.2, 0.25) is 0 Å². The van der Waals surface area contributed by atoms with Gasteiger partial charge in [-0.1, -0.05) is 159 Å². The van der Waals surface area contributed by atoms with Gasteiger partial charge in [-0.3, -0.25) is 4.57 Å². The molecule has 0 aliphatic heterocycles. The lowest BCUT2D eigenvalue weighted by molar-refractivity contribution is 0.267. The maximum absolute atomic E-state index is 5.40. The molecular weight excluding hydrogens is 661 g/mol. The summed E-state index contributed by atoms with van der Waals surface area (Å²) in [6, 6.07) is 55.4. The summed E-state index contributed by atoms with van der Waals surface area (Å²) in [6.07, 6.45) is 9.42. The summed E-state index contributed by atoms with van der Waals surface area (Å²) in [4.78, 5) is 5.40. The van der Waals surface area contributed by atoms with Gasteiger partial charge in [0.05, 0.1) is 16.7 Å². The number of fused-ring (bicyclic) bond motifs is 10. The maximum Gasteiger partial charge on any atom is 0.138 e. The van der Waals surface area contributed by atoms with Crippen molar-refractivity contribution in [2.75, 3.05) is 0 Å². The monoisotopic (exact) mass is 696 g/mol. The molecule has 0 fully saturated rings. The van der Waals surface area contributed by atoms with E-state index in [1.165, 1.54) is 58.7 Å². The third-order valence-corrected chi connectivity index (χ3v) is 13.7. The van der Waals surface area contributed by atoms with Crippen LogP contribution in [0.1, 0.15) is 36.5 Å². The van der Waals surface area contributed by atoms with Crippen LogP contribution in [0.15, 0.2) is 176 Å². The van der Waals surface area contributed by atoms with E-state index in [2.05, 4.69) is 194 Å². The van der Waals surface area contributed by atoms with Crippen molar-refractivity contribution in [2.45, 2.75) is 25.2 Å². The summed E-state index contributed by atoms with van der Waals surface area (Å²) in [6.45, 7) is 4.93. The molecule has 0 saturated heterocycles. The topological polar surface area (TPSA) is 17.8 Å². The van der Waals surface area contributed by atoms with Crippen molar-refractivity contribution in [3.05, 3.63) is 193 Å². The van der Waals surface area contributed by atoms with Crippen molar-refractivity contribution in [1.29, 1.82) is 0 Å². The van der Waals surface area contributed by atoms with E-state index < -0.39 is 0 Å². The molecule has 6 aromatic carbocycles. The van der Waals surface area contributed by atoms with Crippen LogP contribution in [0.5, 0.6) is 0 Å². The second-order valence-electron chi connectivity index (χ2n) is 15.1. The Bertz CT molecular complexity index is 2910. The Morgan fingerprint density at radius 3 is 2.09 bits per heavy atom. The number of pyridine rings is 1. The van der Waals surface area contributed by atoms with Crippen LogP contribution in [0.4, 0.5) is 0 Å². The molecule has 3 heteroatoms. The number of nitrogens with zero attached hydrogens (tertiary/aromatic N) is 2. The van der Waals surface area contributed by atoms with Crippen LogP contribution < -0.4 is 0 Å². The number of aromatic nitrogens is 2. The van der Waals surface area contributed by atoms with Gasteiger partial charge in [-0.05, 0) is 58.1 Å². The van der Waals surface area contributed by atoms with Crippen LogP contribution in [-0.2, 0) is 5.41 Å². The van der Waals surface area contributed by atoms with Crippen LogP contribution in [0, 0.1) is 5.41 Å². The normalized spacial score (nSPS) is 20.5. The molecule has 3 aromatic heterocycles. The molecule has 53 heavy (non-hydrogen) atoms. The van der Waals surface area contributed by atoms with E-state index in [0.29, 0.717) is 0 Å². The number of thiophene rings is 1. The van der Waals surface area contributed by atoms with E-state index in [-0.39, 0.29) is 16.7 Å². The van der Waals surface area contributed by atoms with Gasteiger partial charge >= 0.3 is 0 Å². The van der Waals surface area contributed by atoms with Crippen LogP contribution >= 0.6 is 11.3 Å². The molecular formula is C50H36N2S. The van der Waals surface area contributed by atoms with E-state index in [1.807, 2.05) is 11.3 Å². The molecule has 11 rings (SSSR count). The number of para-hydroxylation sites is 1. The van der Waals surface area contributed by atoms with Gasteiger partial charge in [0.1, 0.15) is 5.82 Å². The van der Waals surface area contributed by atoms with Gasteiger partial charge in [0, 0.05) is 53.3 Å². The molecule has 9 aromatic rings. The fraction of sp³-hybridized carbons (Fsp3) is 0.100. The van der Waals surface area contributed by atoms with Crippen LogP contribution in [0.3, 0.4) is 0 Å². The van der Waals surface area contributed by atoms with Gasteiger partial charge in [-0.15, -0.1) is 11.3 Å². The molecule has 3 atom stereocenters. The number of hydrogen-bond donors (Lipinski definition) is 0. The van der Waals surface area contributed by atoms with Crippen molar-refractivity contribution in [1.82, 2.24) is 9.55 Å². The predicted molar refractivity (Wildman–Crippen MR) is 224 cm³/mol. The zero-order chi connectivity index (χ0) is 35.3. The van der Waals surface area contributed by atoms with Gasteiger partial charge in [-0.25, -0.2) is 4.98 Å². The minimum Gasteiger partial charge on any atom is -0.294 e. The molecule has 0 N–H and O–H groups in total. The van der Waals surface area contributed by atoms with Gasteiger partial charge in [-0.2, -0.15) is 0 Å². The highest BCUT2D eigenvalue weighted by Crippen LogP contribution is 2.65. The van der Waals surface area contributed by atoms with E-state index in [4.69, 9.17) is 4.98 Å². The average Bonchev–Trinajstić information content (AvgIpc) is 3.81. The maximum atomic E-state index is 5.40. The third-order valence-electron chi connectivity index (χ3n) is 12.5. The zero-order valence-corrected chi connectivity index (χ0v) is 30.4. The van der Waals surface area contributed by atoms with E-state index >= 15 is 0 Å². The first kappa shape index (κ1) is 30.6. The minimum atomic E-state index is -0.163. The molecule has 2 nitrogen and oxygen atoms in total. The molecule has 0 spiro atoms. The summed E-state index contributed by atoms with van der Waals surface area (Å²) in [5.74, 6) is 1.21. The lowest BCUT2D eigenvalue weighted by Crippen LogP contribution is -2.39. The van der Waals surface area contributed by atoms with Crippen molar-refractivity contribution >= 4 is 53.3 Å². The molecule has 2 aliphatic carbocycles. The first-order valence-corrected chi connectivity index (χ1v) is 19.3. The fourth-order valence-electron chi connectivity index (χ4n) is 9.63. The highest BCUT2D eigenvalue weighted by atomic mass is 32.1. The smallest absolute Gasteiger partial charge is 0.138 e. The first-order chi connectivity index (χ1) is 26.0. The largest absolute Gasteiger partial charge is 0.294 e. The molecule has 0 amide bonds. The summed E-state index contributed by atoms with van der Waals surface area (Å²) >= 11 is 1.96. The van der Waals surface area contributed by atoms with Gasteiger partial charge in [0.25, 0.3) is 0 Å². The number of allylic oxidation sites excluding steroid dienone is 4. The summed E-state index contributed by atoms with van der Waals surface area (Å²) in [5, 5.41) is 5.13. The lowest BCUT2D eigenvalue weighted by Gasteiger charge is -2.44. The quantitative estimate of drug-likeness (QED) is 0.179. The molecule has 0 bridgehead atoms. The van der Waals surface area contributed by atoms with Crippen LogP contribution in [-0.4, -0.2) is 9.55 Å². The minimum absolute atomic E-state index is 0.0840. The molecule has 0 radical (unpaired) electrons. The van der Waals surface area contributed by atoms with E-state index in [1.54, 1.807) is 0 Å². The Morgan fingerprint density at radius 1 is 0.585 bits per heavy atom. The van der Waals surface area contributed by atoms with Gasteiger partial charge in [0.15, 0.2) is 0 Å². The standard InChI is InChI=1S/C50H36N2S/c1-49-27-15-14-23-40(49)47-41(50(49,2)35-20-10-5-11-21-35)26-25-37-39-30-44-38(31-45(39)53-48(37)47)36-22-12-13-24-43(36)52(44)46-29-34(32-16-6-3-7-17-32)28-42(51-46)33-18-8-4-9-19-33/h3-31,40H,1-2H3. The SMILES string of the molecule is CC1(c2ccccc2)c2ccc3c(sc4cc5c6ccccc6n(-c6cc(-c7ccccc7)cc(-c7ccccc7)n6)c5cc43)c2C2C=CC=CC21C. The molecule has 3 unspecified atom stereocenters. The highest BCUT2D eigenvalue weighted by Gasteiger charge is 2.57. The molecule has 3 heterocycles. The summed E-state index contributed by atoms with van der Waals surface area (Å²) < 4.78 is 5.12. The summed E-state index contributed by atoms with van der Waals surface area (Å²) in [5.41, 5.74) is 10.8.